The molecule has 27 heavy (non-hydrogen) atoms. The quantitative estimate of drug-likeness (QED) is 0.675. The lowest BCUT2D eigenvalue weighted by atomic mass is 9.97. The minimum absolute atomic E-state index is 0.00510. The molecule has 3 aromatic rings. The van der Waals surface area contributed by atoms with Gasteiger partial charge >= 0.3 is 6.18 Å². The van der Waals surface area contributed by atoms with Gasteiger partial charge < -0.3 is 4.90 Å². The number of rotatable bonds is 3. The molecule has 1 aliphatic heterocycles. The monoisotopic (exact) mass is 394 g/mol. The molecule has 142 valence electrons. The van der Waals surface area contributed by atoms with E-state index in [4.69, 9.17) is 0 Å². The highest BCUT2D eigenvalue weighted by molar-refractivity contribution is 7.09. The van der Waals surface area contributed by atoms with Crippen LogP contribution in [0.3, 0.4) is 0 Å². The van der Waals surface area contributed by atoms with E-state index in [-0.39, 0.29) is 5.92 Å². The van der Waals surface area contributed by atoms with E-state index in [9.17, 15) is 13.2 Å². The summed E-state index contributed by atoms with van der Waals surface area (Å²) in [5.74, 6) is 2.02. The van der Waals surface area contributed by atoms with Gasteiger partial charge in [0.1, 0.15) is 11.6 Å². The lowest BCUT2D eigenvalue weighted by Crippen LogP contribution is -2.35. The Balaban J connectivity index is 1.43. The first-order valence-electron chi connectivity index (χ1n) is 8.99. The highest BCUT2D eigenvalue weighted by Gasteiger charge is 2.33. The lowest BCUT2D eigenvalue weighted by Gasteiger charge is -2.31. The van der Waals surface area contributed by atoms with E-state index in [1.54, 1.807) is 0 Å². The van der Waals surface area contributed by atoms with Gasteiger partial charge in [-0.2, -0.15) is 17.5 Å². The van der Waals surface area contributed by atoms with Crippen LogP contribution < -0.4 is 4.90 Å². The fraction of sp³-hybridized carbons (Fsp3) is 0.529. The topological polar surface area (TPSA) is 59.2 Å². The van der Waals surface area contributed by atoms with Crippen LogP contribution in [0.25, 0.3) is 5.65 Å². The van der Waals surface area contributed by atoms with Gasteiger partial charge in [-0.25, -0.2) is 4.98 Å². The molecule has 0 amide bonds. The van der Waals surface area contributed by atoms with Crippen molar-refractivity contribution >= 4 is 22.3 Å². The number of alkyl halides is 3. The van der Waals surface area contributed by atoms with Gasteiger partial charge in [-0.1, -0.05) is 0 Å². The van der Waals surface area contributed by atoms with Crippen molar-refractivity contribution in [1.82, 2.24) is 24.0 Å². The molecule has 2 fully saturated rings. The normalized spacial score (nSPS) is 21.1. The Bertz CT molecular complexity index is 977. The zero-order valence-corrected chi connectivity index (χ0v) is 15.2. The Morgan fingerprint density at radius 1 is 1.07 bits per heavy atom. The van der Waals surface area contributed by atoms with Crippen LogP contribution in [0.1, 0.15) is 54.7 Å². The van der Waals surface area contributed by atoms with Crippen molar-refractivity contribution in [1.29, 1.82) is 0 Å². The molecular formula is C17H17F3N6S. The van der Waals surface area contributed by atoms with Crippen molar-refractivity contribution in [3.8, 4) is 0 Å². The van der Waals surface area contributed by atoms with Crippen LogP contribution in [0.4, 0.5) is 18.3 Å². The van der Waals surface area contributed by atoms with Gasteiger partial charge in [0.25, 0.3) is 0 Å². The summed E-state index contributed by atoms with van der Waals surface area (Å²) in [5, 5.41) is 9.15. The minimum Gasteiger partial charge on any atom is -0.346 e. The second-order valence-electron chi connectivity index (χ2n) is 7.20. The van der Waals surface area contributed by atoms with E-state index >= 15 is 0 Å². The second kappa shape index (κ2) is 6.15. The van der Waals surface area contributed by atoms with Crippen LogP contribution in [0.5, 0.6) is 0 Å². The molecule has 3 aromatic heterocycles. The molecular weight excluding hydrogens is 377 g/mol. The highest BCUT2D eigenvalue weighted by atomic mass is 32.1. The summed E-state index contributed by atoms with van der Waals surface area (Å²) >= 11 is 1.41. The van der Waals surface area contributed by atoms with Crippen molar-refractivity contribution in [3.05, 3.63) is 35.5 Å². The van der Waals surface area contributed by atoms with Gasteiger partial charge in [-0.05, 0) is 37.8 Å². The van der Waals surface area contributed by atoms with Crippen molar-refractivity contribution in [2.45, 2.75) is 43.7 Å². The van der Waals surface area contributed by atoms with E-state index in [1.165, 1.54) is 22.0 Å². The number of hydrogen-bond acceptors (Lipinski definition) is 6. The fourth-order valence-corrected chi connectivity index (χ4v) is 4.36. The zero-order chi connectivity index (χ0) is 18.6. The van der Waals surface area contributed by atoms with Crippen LogP contribution in [-0.2, 0) is 6.18 Å². The Morgan fingerprint density at radius 2 is 1.93 bits per heavy atom. The van der Waals surface area contributed by atoms with Crippen LogP contribution in [0.2, 0.25) is 0 Å². The molecule has 1 saturated heterocycles. The Kier molecular flexibility index (Phi) is 3.85. The first-order valence-corrected chi connectivity index (χ1v) is 9.77. The number of halogens is 3. The first-order chi connectivity index (χ1) is 13.0. The number of pyridine rings is 1. The number of fused-ring (bicyclic) bond motifs is 1. The molecule has 0 N–H and O–H groups in total. The maximum absolute atomic E-state index is 13.1. The van der Waals surface area contributed by atoms with Crippen molar-refractivity contribution < 1.29 is 13.2 Å². The SMILES string of the molecule is FC(F)(F)c1ccc2nnc(C3CCCN(c4nc(C5CC5)ns4)C3)n2c1. The third-order valence-corrected chi connectivity index (χ3v) is 5.98. The Morgan fingerprint density at radius 3 is 2.70 bits per heavy atom. The van der Waals surface area contributed by atoms with Crippen LogP contribution in [0.15, 0.2) is 18.3 Å². The van der Waals surface area contributed by atoms with Gasteiger partial charge in [0.2, 0.25) is 5.13 Å². The lowest BCUT2D eigenvalue weighted by molar-refractivity contribution is -0.137. The third kappa shape index (κ3) is 3.15. The fourth-order valence-electron chi connectivity index (χ4n) is 3.58. The molecule has 2 aliphatic rings. The summed E-state index contributed by atoms with van der Waals surface area (Å²) in [7, 11) is 0. The minimum atomic E-state index is -4.39. The third-order valence-electron chi connectivity index (χ3n) is 5.19. The second-order valence-corrected chi connectivity index (χ2v) is 7.93. The summed E-state index contributed by atoms with van der Waals surface area (Å²) in [6.07, 6.45) is 0.816. The van der Waals surface area contributed by atoms with E-state index in [1.807, 2.05) is 0 Å². The average Bonchev–Trinajstić information content (AvgIpc) is 3.23. The summed E-state index contributed by atoms with van der Waals surface area (Å²) in [6, 6.07) is 2.41. The first kappa shape index (κ1) is 16.9. The van der Waals surface area contributed by atoms with Crippen molar-refractivity contribution in [2.75, 3.05) is 18.0 Å². The molecule has 1 atom stereocenters. The molecule has 6 nitrogen and oxygen atoms in total. The number of anilines is 1. The standard InChI is InChI=1S/C17H17F3N6S/c18-17(19,20)12-5-6-13-22-23-15(26(13)9-12)11-2-1-7-25(8-11)16-21-14(24-27-16)10-3-4-10/h5-6,9-11H,1-4,7-8H2. The van der Waals surface area contributed by atoms with Gasteiger partial charge in [0.05, 0.1) is 5.56 Å². The zero-order valence-electron chi connectivity index (χ0n) is 14.4. The molecule has 10 heteroatoms. The van der Waals surface area contributed by atoms with Gasteiger partial charge in [0.15, 0.2) is 5.65 Å². The summed E-state index contributed by atoms with van der Waals surface area (Å²) in [6.45, 7) is 1.54. The van der Waals surface area contributed by atoms with E-state index in [0.717, 1.165) is 55.4 Å². The van der Waals surface area contributed by atoms with E-state index in [0.29, 0.717) is 23.9 Å². The predicted octanol–water partition coefficient (Wildman–Crippen LogP) is 3.86. The molecule has 5 rings (SSSR count). The molecule has 1 saturated carbocycles. The summed E-state index contributed by atoms with van der Waals surface area (Å²) < 4.78 is 45.2. The van der Waals surface area contributed by atoms with E-state index < -0.39 is 11.7 Å². The molecule has 0 aromatic carbocycles. The summed E-state index contributed by atoms with van der Waals surface area (Å²) in [4.78, 5) is 6.84. The summed E-state index contributed by atoms with van der Waals surface area (Å²) in [5.41, 5.74) is -0.260. The molecule has 1 unspecified atom stereocenters. The number of piperidine rings is 1. The molecule has 0 radical (unpaired) electrons. The number of aromatic nitrogens is 5. The highest BCUT2D eigenvalue weighted by Crippen LogP contribution is 2.40. The number of nitrogens with zero attached hydrogens (tertiary/aromatic N) is 6. The van der Waals surface area contributed by atoms with Gasteiger partial charge in [-0.3, -0.25) is 4.40 Å². The van der Waals surface area contributed by atoms with Crippen LogP contribution in [0, 0.1) is 0 Å². The van der Waals surface area contributed by atoms with Gasteiger partial charge in [0, 0.05) is 42.7 Å². The molecule has 0 spiro atoms. The Hall–Kier alpha value is -2.23. The van der Waals surface area contributed by atoms with Gasteiger partial charge in [-0.15, -0.1) is 10.2 Å². The largest absolute Gasteiger partial charge is 0.417 e. The Labute approximate surface area is 157 Å². The van der Waals surface area contributed by atoms with Crippen LogP contribution >= 0.6 is 11.5 Å². The molecule has 0 bridgehead atoms. The average molecular weight is 394 g/mol. The predicted molar refractivity (Wildman–Crippen MR) is 94.1 cm³/mol. The van der Waals surface area contributed by atoms with Crippen molar-refractivity contribution in [2.24, 2.45) is 0 Å². The number of hydrogen-bond donors (Lipinski definition) is 0. The van der Waals surface area contributed by atoms with E-state index in [2.05, 4.69) is 24.5 Å². The van der Waals surface area contributed by atoms with Crippen LogP contribution in [-0.4, -0.2) is 37.0 Å². The molecule has 4 heterocycles. The maximum Gasteiger partial charge on any atom is 0.417 e. The maximum atomic E-state index is 13.1. The molecule has 1 aliphatic carbocycles. The van der Waals surface area contributed by atoms with Crippen molar-refractivity contribution in [3.63, 3.8) is 0 Å². The smallest absolute Gasteiger partial charge is 0.346 e.